The summed E-state index contributed by atoms with van der Waals surface area (Å²) < 4.78 is 11.2. The molecule has 0 aliphatic rings. The first-order valence-corrected chi connectivity index (χ1v) is 7.57. The van der Waals surface area contributed by atoms with E-state index >= 15 is 0 Å². The third-order valence-corrected chi connectivity index (χ3v) is 3.92. The second-order valence-corrected chi connectivity index (χ2v) is 5.42. The zero-order valence-electron chi connectivity index (χ0n) is 13.4. The number of hydrogen-bond donors (Lipinski definition) is 0. The predicted octanol–water partition coefficient (Wildman–Crippen LogP) is 4.90. The first-order chi connectivity index (χ1) is 11.6. The number of methoxy groups -OCH3 is 1. The van der Waals surface area contributed by atoms with Gasteiger partial charge in [-0.05, 0) is 29.3 Å². The minimum Gasteiger partial charge on any atom is -0.493 e. The minimum atomic E-state index is -0.450. The Morgan fingerprint density at radius 1 is 1.00 bits per heavy atom. The van der Waals surface area contributed by atoms with Crippen molar-refractivity contribution < 1.29 is 14.4 Å². The number of fused-ring (bicyclic) bond motifs is 1. The van der Waals surface area contributed by atoms with Crippen molar-refractivity contribution in [2.75, 3.05) is 7.11 Å². The lowest BCUT2D eigenvalue weighted by Crippen LogP contribution is -2.05. The Morgan fingerprint density at radius 3 is 2.50 bits per heavy atom. The van der Waals surface area contributed by atoms with Crippen LogP contribution < -0.4 is 9.47 Å². The number of benzene rings is 3. The molecule has 5 nitrogen and oxygen atoms in total. The Labute approximate surface area is 139 Å². The van der Waals surface area contributed by atoms with Gasteiger partial charge in [0.05, 0.1) is 18.1 Å². The third kappa shape index (κ3) is 3.01. The van der Waals surface area contributed by atoms with E-state index in [2.05, 4.69) is 0 Å². The van der Waals surface area contributed by atoms with Crippen molar-refractivity contribution in [2.45, 2.75) is 13.0 Å². The Morgan fingerprint density at radius 2 is 1.75 bits per heavy atom. The van der Waals surface area contributed by atoms with Gasteiger partial charge in [-0.15, -0.1) is 0 Å². The van der Waals surface area contributed by atoms with Gasteiger partial charge in [-0.1, -0.05) is 42.5 Å². The maximum atomic E-state index is 11.0. The van der Waals surface area contributed by atoms with E-state index in [9.17, 15) is 10.1 Å². The van der Waals surface area contributed by atoms with Crippen LogP contribution in [-0.4, -0.2) is 12.0 Å². The highest BCUT2D eigenvalue weighted by atomic mass is 16.6. The molecule has 0 heterocycles. The smallest absolute Gasteiger partial charge is 0.273 e. The fourth-order valence-electron chi connectivity index (χ4n) is 2.73. The van der Waals surface area contributed by atoms with E-state index < -0.39 is 4.92 Å². The van der Waals surface area contributed by atoms with Gasteiger partial charge in [0.2, 0.25) is 0 Å². The lowest BCUT2D eigenvalue weighted by atomic mass is 10.0. The molecule has 3 rings (SSSR count). The molecule has 0 spiro atoms. The summed E-state index contributed by atoms with van der Waals surface area (Å²) in [6.45, 7) is 1.92. The summed E-state index contributed by atoms with van der Waals surface area (Å²) in [4.78, 5) is 10.5. The molecule has 3 aromatic carbocycles. The Hall–Kier alpha value is -3.08. The van der Waals surface area contributed by atoms with Crippen molar-refractivity contribution in [2.24, 2.45) is 0 Å². The number of nitro groups is 1. The van der Waals surface area contributed by atoms with Crippen molar-refractivity contribution in [1.29, 1.82) is 0 Å². The monoisotopic (exact) mass is 323 g/mol. The molecule has 3 aromatic rings. The zero-order chi connectivity index (χ0) is 17.1. The largest absolute Gasteiger partial charge is 0.493 e. The summed E-state index contributed by atoms with van der Waals surface area (Å²) in [5.74, 6) is 0.819. The molecular weight excluding hydrogens is 306 g/mol. The lowest BCUT2D eigenvalue weighted by molar-refractivity contribution is -0.385. The number of ether oxygens (including phenoxy) is 2. The van der Waals surface area contributed by atoms with Crippen LogP contribution in [0.25, 0.3) is 10.8 Å². The van der Waals surface area contributed by atoms with Crippen LogP contribution in [0.4, 0.5) is 5.69 Å². The standard InChI is InChI=1S/C19H17NO4/c1-13(16-9-5-7-14-6-3-4-8-17(14)16)24-19-12-15(20(21)22)10-11-18(19)23-2/h3-13H,1-2H3. The molecular formula is C19H17NO4. The molecule has 0 N–H and O–H groups in total. The Balaban J connectivity index is 1.98. The molecule has 1 atom stereocenters. The van der Waals surface area contributed by atoms with E-state index in [1.165, 1.54) is 19.2 Å². The first kappa shape index (κ1) is 15.8. The molecule has 0 radical (unpaired) electrons. The van der Waals surface area contributed by atoms with Crippen molar-refractivity contribution in [3.63, 3.8) is 0 Å². The summed E-state index contributed by atoms with van der Waals surface area (Å²) in [5, 5.41) is 13.2. The topological polar surface area (TPSA) is 61.6 Å². The van der Waals surface area contributed by atoms with E-state index in [1.54, 1.807) is 6.07 Å². The fourth-order valence-corrected chi connectivity index (χ4v) is 2.73. The second-order valence-electron chi connectivity index (χ2n) is 5.42. The maximum Gasteiger partial charge on any atom is 0.273 e. The minimum absolute atomic E-state index is 0.0316. The van der Waals surface area contributed by atoms with Crippen LogP contribution in [0.5, 0.6) is 11.5 Å². The Bertz CT molecular complexity index is 886. The molecule has 0 aliphatic carbocycles. The Kier molecular flexibility index (Phi) is 4.33. The fraction of sp³-hybridized carbons (Fsp3) is 0.158. The van der Waals surface area contributed by atoms with Crippen molar-refractivity contribution in [3.8, 4) is 11.5 Å². The van der Waals surface area contributed by atoms with Gasteiger partial charge in [-0.25, -0.2) is 0 Å². The van der Waals surface area contributed by atoms with Crippen LogP contribution in [-0.2, 0) is 0 Å². The summed E-state index contributed by atoms with van der Waals surface area (Å²) in [7, 11) is 1.51. The highest BCUT2D eigenvalue weighted by molar-refractivity contribution is 5.86. The van der Waals surface area contributed by atoms with Crippen LogP contribution in [0.15, 0.2) is 60.7 Å². The van der Waals surface area contributed by atoms with E-state index in [0.717, 1.165) is 16.3 Å². The molecule has 0 saturated carbocycles. The average molecular weight is 323 g/mol. The molecule has 0 aromatic heterocycles. The number of nitrogens with zero attached hydrogens (tertiary/aromatic N) is 1. The van der Waals surface area contributed by atoms with Gasteiger partial charge in [0, 0.05) is 6.07 Å². The van der Waals surface area contributed by atoms with Crippen LogP contribution in [0.3, 0.4) is 0 Å². The van der Waals surface area contributed by atoms with Crippen LogP contribution in [0.2, 0.25) is 0 Å². The summed E-state index contributed by atoms with van der Waals surface area (Å²) in [6, 6.07) is 18.4. The van der Waals surface area contributed by atoms with Crippen molar-refractivity contribution in [3.05, 3.63) is 76.3 Å². The van der Waals surface area contributed by atoms with Gasteiger partial charge in [0.15, 0.2) is 11.5 Å². The molecule has 0 bridgehead atoms. The van der Waals surface area contributed by atoms with E-state index in [1.807, 2.05) is 49.4 Å². The average Bonchev–Trinajstić information content (AvgIpc) is 2.61. The quantitative estimate of drug-likeness (QED) is 0.495. The summed E-state index contributed by atoms with van der Waals surface area (Å²) in [6.07, 6.45) is -0.285. The van der Waals surface area contributed by atoms with Gasteiger partial charge in [0.25, 0.3) is 5.69 Å². The second kappa shape index (κ2) is 6.58. The number of nitro benzene ring substituents is 1. The number of hydrogen-bond acceptors (Lipinski definition) is 4. The molecule has 1 unspecified atom stereocenters. The van der Waals surface area contributed by atoms with Crippen LogP contribution >= 0.6 is 0 Å². The number of non-ortho nitro benzene ring substituents is 1. The van der Waals surface area contributed by atoms with Crippen molar-refractivity contribution >= 4 is 16.5 Å². The highest BCUT2D eigenvalue weighted by Crippen LogP contribution is 2.35. The number of rotatable bonds is 5. The van der Waals surface area contributed by atoms with Gasteiger partial charge >= 0.3 is 0 Å². The van der Waals surface area contributed by atoms with Crippen LogP contribution in [0.1, 0.15) is 18.6 Å². The molecule has 0 amide bonds. The van der Waals surface area contributed by atoms with Gasteiger partial charge in [0.1, 0.15) is 6.10 Å². The van der Waals surface area contributed by atoms with E-state index in [0.29, 0.717) is 11.5 Å². The zero-order valence-corrected chi connectivity index (χ0v) is 13.4. The lowest BCUT2D eigenvalue weighted by Gasteiger charge is -2.18. The summed E-state index contributed by atoms with van der Waals surface area (Å²) >= 11 is 0. The maximum absolute atomic E-state index is 11.0. The molecule has 0 aliphatic heterocycles. The predicted molar refractivity (Wildman–Crippen MR) is 92.6 cm³/mol. The van der Waals surface area contributed by atoms with Crippen molar-refractivity contribution in [1.82, 2.24) is 0 Å². The van der Waals surface area contributed by atoms with E-state index in [4.69, 9.17) is 9.47 Å². The van der Waals surface area contributed by atoms with Gasteiger partial charge in [-0.3, -0.25) is 10.1 Å². The molecule has 5 heteroatoms. The molecule has 122 valence electrons. The van der Waals surface area contributed by atoms with E-state index in [-0.39, 0.29) is 11.8 Å². The molecule has 24 heavy (non-hydrogen) atoms. The van der Waals surface area contributed by atoms with Crippen LogP contribution in [0, 0.1) is 10.1 Å². The molecule has 0 fully saturated rings. The first-order valence-electron chi connectivity index (χ1n) is 7.57. The third-order valence-electron chi connectivity index (χ3n) is 3.92. The normalized spacial score (nSPS) is 11.9. The van der Waals surface area contributed by atoms with Gasteiger partial charge < -0.3 is 9.47 Å². The SMILES string of the molecule is COc1ccc([N+](=O)[O-])cc1OC(C)c1cccc2ccccc12. The summed E-state index contributed by atoms with van der Waals surface area (Å²) in [5.41, 5.74) is 0.984. The molecule has 0 saturated heterocycles. The van der Waals surface area contributed by atoms with Gasteiger partial charge in [-0.2, -0.15) is 0 Å². The highest BCUT2D eigenvalue weighted by Gasteiger charge is 2.17.